The van der Waals surface area contributed by atoms with Gasteiger partial charge in [-0.3, -0.25) is 0 Å². The van der Waals surface area contributed by atoms with Gasteiger partial charge in [-0.25, -0.2) is 0 Å². The Morgan fingerprint density at radius 1 is 0.577 bits per heavy atom. The van der Waals surface area contributed by atoms with E-state index in [1.807, 2.05) is 0 Å². The highest BCUT2D eigenvalue weighted by atomic mass is 15.1. The zero-order chi connectivity index (χ0) is 36.2. The fourth-order valence-electron chi connectivity index (χ4n) is 7.35. The summed E-state index contributed by atoms with van der Waals surface area (Å²) in [5.41, 5.74) is 13.5. The van der Waals surface area contributed by atoms with Gasteiger partial charge in [0, 0.05) is 56.2 Å². The van der Waals surface area contributed by atoms with E-state index in [0.717, 1.165) is 29.9 Å². The summed E-state index contributed by atoms with van der Waals surface area (Å²) in [5, 5.41) is 5.11. The van der Waals surface area contributed by atoms with Gasteiger partial charge in [0.1, 0.15) is 0 Å². The van der Waals surface area contributed by atoms with Gasteiger partial charge >= 0.3 is 0 Å². The number of aryl methyl sites for hydroxylation is 1. The van der Waals surface area contributed by atoms with E-state index in [1.165, 1.54) is 66.5 Å². The van der Waals surface area contributed by atoms with Crippen LogP contribution in [0.3, 0.4) is 0 Å². The van der Waals surface area contributed by atoms with Crippen LogP contribution in [0.25, 0.3) is 50.0 Å². The van der Waals surface area contributed by atoms with E-state index >= 15 is 0 Å². The molecule has 0 unspecified atom stereocenters. The maximum Gasteiger partial charge on any atom is 0.0539 e. The number of rotatable bonds is 8. The van der Waals surface area contributed by atoms with Gasteiger partial charge in [-0.05, 0) is 111 Å². The van der Waals surface area contributed by atoms with Gasteiger partial charge in [-0.1, -0.05) is 118 Å². The molecule has 3 heteroatoms. The topological polar surface area (TPSA) is 13.1 Å². The molecule has 0 aliphatic heterocycles. The van der Waals surface area contributed by atoms with E-state index in [0.29, 0.717) is 0 Å². The van der Waals surface area contributed by atoms with Crippen molar-refractivity contribution in [1.82, 2.24) is 9.13 Å². The Labute approximate surface area is 308 Å². The quantitative estimate of drug-likeness (QED) is 0.156. The predicted octanol–water partition coefficient (Wildman–Crippen LogP) is 13.8. The van der Waals surface area contributed by atoms with Crippen molar-refractivity contribution in [2.75, 3.05) is 4.90 Å². The average molecular weight is 678 g/mol. The molecule has 0 saturated carbocycles. The van der Waals surface area contributed by atoms with Crippen molar-refractivity contribution in [2.24, 2.45) is 0 Å². The smallest absolute Gasteiger partial charge is 0.0539 e. The van der Waals surface area contributed by atoms with Crippen molar-refractivity contribution in [3.8, 4) is 11.4 Å². The number of benzene rings is 6. The lowest BCUT2D eigenvalue weighted by Crippen LogP contribution is -2.14. The molecule has 2 heterocycles. The number of para-hydroxylation sites is 3. The second-order valence-corrected chi connectivity index (χ2v) is 13.4. The number of fused-ring (bicyclic) bond motifs is 3. The molecule has 3 nitrogen and oxygen atoms in total. The summed E-state index contributed by atoms with van der Waals surface area (Å²) in [7, 11) is 0. The van der Waals surface area contributed by atoms with Gasteiger partial charge in [-0.15, -0.1) is 0 Å². The van der Waals surface area contributed by atoms with E-state index < -0.39 is 0 Å². The highest BCUT2D eigenvalue weighted by Gasteiger charge is 2.18. The Kier molecular flexibility index (Phi) is 9.95. The number of allylic oxidation sites excluding steroid dienone is 2. The highest BCUT2D eigenvalue weighted by molar-refractivity contribution is 5.96. The van der Waals surface area contributed by atoms with Crippen molar-refractivity contribution < 1.29 is 0 Å². The van der Waals surface area contributed by atoms with Crippen LogP contribution >= 0.6 is 0 Å². The first-order valence-electron chi connectivity index (χ1n) is 18.4. The summed E-state index contributed by atoms with van der Waals surface area (Å²) in [4.78, 5) is 2.27. The molecule has 0 saturated heterocycles. The monoisotopic (exact) mass is 677 g/mol. The minimum atomic E-state index is 0.882. The molecule has 0 amide bonds. The first-order valence-corrected chi connectivity index (χ1v) is 18.4. The van der Waals surface area contributed by atoms with Crippen molar-refractivity contribution in [3.05, 3.63) is 186 Å². The molecule has 0 fully saturated rings. The third kappa shape index (κ3) is 6.47. The molecule has 8 rings (SSSR count). The number of aromatic nitrogens is 2. The molecule has 8 aromatic rings. The van der Waals surface area contributed by atoms with Crippen LogP contribution in [0.4, 0.5) is 11.4 Å². The van der Waals surface area contributed by atoms with Crippen molar-refractivity contribution >= 4 is 50.0 Å². The Bertz CT molecular complexity index is 2530. The summed E-state index contributed by atoms with van der Waals surface area (Å²) in [5.74, 6) is 0. The van der Waals surface area contributed by atoms with Crippen LogP contribution in [0, 0.1) is 20.8 Å². The number of hydrogen-bond acceptors (Lipinski definition) is 1. The highest BCUT2D eigenvalue weighted by Crippen LogP contribution is 2.37. The van der Waals surface area contributed by atoms with E-state index in [9.17, 15) is 0 Å². The Morgan fingerprint density at radius 2 is 1.21 bits per heavy atom. The summed E-state index contributed by atoms with van der Waals surface area (Å²) in [6.07, 6.45) is 6.41. The van der Waals surface area contributed by atoms with E-state index in [1.54, 1.807) is 0 Å². The van der Waals surface area contributed by atoms with Crippen molar-refractivity contribution in [3.63, 3.8) is 0 Å². The van der Waals surface area contributed by atoms with Gasteiger partial charge in [0.25, 0.3) is 0 Å². The summed E-state index contributed by atoms with van der Waals surface area (Å²) >= 11 is 0. The fraction of sp³-hybridized carbons (Fsp3) is 0.143. The zero-order valence-corrected chi connectivity index (χ0v) is 31.0. The standard InChI is InChI=1S/C33H32N2.C16H15N/c1-5-7-17-31-25(4)35(29-19-18-26-13-11-12-14-27(26)22-29)33-21-20-30(23-32(31)33)34(24(3)6-2)28-15-9-8-10-16-28;1-12-13(2)17(14-8-4-3-5-9-14)16-11-7-6-10-15(12)16/h7-23H,3,5-6H2,1-2,4H3;3-11H,1-2H3/b17-7-;. The largest absolute Gasteiger partial charge is 0.315 e. The molecule has 0 aliphatic rings. The summed E-state index contributed by atoms with van der Waals surface area (Å²) < 4.78 is 4.72. The normalized spacial score (nSPS) is 11.3. The van der Waals surface area contributed by atoms with E-state index in [4.69, 9.17) is 0 Å². The molecular weight excluding hydrogens is 631 g/mol. The maximum absolute atomic E-state index is 4.38. The molecule has 0 spiro atoms. The van der Waals surface area contributed by atoms with Crippen molar-refractivity contribution in [2.45, 2.75) is 47.5 Å². The second-order valence-electron chi connectivity index (χ2n) is 13.4. The molecular formula is C49H47N3. The van der Waals surface area contributed by atoms with Crippen LogP contribution in [-0.2, 0) is 0 Å². The molecule has 6 aromatic carbocycles. The first kappa shape index (κ1) is 34.4. The second kappa shape index (κ2) is 15.0. The van der Waals surface area contributed by atoms with E-state index in [-0.39, 0.29) is 0 Å². The lowest BCUT2D eigenvalue weighted by Gasteiger charge is -2.27. The van der Waals surface area contributed by atoms with E-state index in [2.05, 4.69) is 213 Å². The SMILES string of the molecule is C=C(CC)N(c1ccccc1)c1ccc2c(c1)c(/C=C\CC)c(C)n2-c1ccc2ccccc2c1.Cc1c(C)n(-c2ccccc2)c2ccccc12. The number of anilines is 2. The fourth-order valence-corrected chi connectivity index (χ4v) is 7.35. The first-order chi connectivity index (χ1) is 25.4. The minimum Gasteiger partial charge on any atom is -0.315 e. The van der Waals surface area contributed by atoms with Crippen LogP contribution in [0.2, 0.25) is 0 Å². The van der Waals surface area contributed by atoms with Gasteiger partial charge in [0.05, 0.1) is 11.0 Å². The molecule has 258 valence electrons. The van der Waals surface area contributed by atoms with Crippen LogP contribution in [0.15, 0.2) is 164 Å². The molecule has 0 radical (unpaired) electrons. The molecule has 0 N–H and O–H groups in total. The third-order valence-electron chi connectivity index (χ3n) is 10.2. The van der Waals surface area contributed by atoms with Gasteiger partial charge in [0.15, 0.2) is 0 Å². The molecule has 0 bridgehead atoms. The Morgan fingerprint density at radius 3 is 1.94 bits per heavy atom. The lowest BCUT2D eigenvalue weighted by molar-refractivity contribution is 1.02. The number of hydrogen-bond donors (Lipinski definition) is 0. The Balaban J connectivity index is 0.000000206. The van der Waals surface area contributed by atoms with Crippen LogP contribution in [0.1, 0.15) is 49.2 Å². The van der Waals surface area contributed by atoms with Gasteiger partial charge in [-0.2, -0.15) is 0 Å². The van der Waals surface area contributed by atoms with Crippen LogP contribution in [0.5, 0.6) is 0 Å². The molecule has 0 atom stereocenters. The molecule has 52 heavy (non-hydrogen) atoms. The lowest BCUT2D eigenvalue weighted by atomic mass is 10.1. The number of nitrogens with zero attached hydrogens (tertiary/aromatic N) is 3. The minimum absolute atomic E-state index is 0.882. The summed E-state index contributed by atoms with van der Waals surface area (Å²) in [6, 6.07) is 51.7. The third-order valence-corrected chi connectivity index (χ3v) is 10.2. The average Bonchev–Trinajstić information content (AvgIpc) is 3.62. The van der Waals surface area contributed by atoms with Gasteiger partial charge < -0.3 is 14.0 Å². The zero-order valence-electron chi connectivity index (χ0n) is 31.0. The predicted molar refractivity (Wildman–Crippen MR) is 226 cm³/mol. The Hall–Kier alpha value is -6.06. The van der Waals surface area contributed by atoms with Crippen LogP contribution in [-0.4, -0.2) is 9.13 Å². The summed E-state index contributed by atoms with van der Waals surface area (Å²) in [6.45, 7) is 15.3. The van der Waals surface area contributed by atoms with Gasteiger partial charge in [0.2, 0.25) is 0 Å². The molecule has 0 aliphatic carbocycles. The van der Waals surface area contributed by atoms with Crippen molar-refractivity contribution in [1.29, 1.82) is 0 Å². The van der Waals surface area contributed by atoms with Crippen LogP contribution < -0.4 is 4.90 Å². The maximum atomic E-state index is 4.38. The molecule has 2 aromatic heterocycles.